The lowest BCUT2D eigenvalue weighted by molar-refractivity contribution is 0.431. The molecule has 0 rings (SSSR count). The summed E-state index contributed by atoms with van der Waals surface area (Å²) < 4.78 is 26.8. The summed E-state index contributed by atoms with van der Waals surface area (Å²) in [5, 5.41) is 2.75. The lowest BCUT2D eigenvalue weighted by Crippen LogP contribution is -2.44. The Morgan fingerprint density at radius 1 is 1.12 bits per heavy atom. The predicted octanol–water partition coefficient (Wildman–Crippen LogP) is 1.73. The van der Waals surface area contributed by atoms with Crippen LogP contribution in [-0.4, -0.2) is 32.8 Å². The normalized spacial score (nSPS) is 17.7. The van der Waals surface area contributed by atoms with Crippen molar-refractivity contribution < 1.29 is 8.42 Å². The van der Waals surface area contributed by atoms with Crippen molar-refractivity contribution >= 4 is 10.0 Å². The summed E-state index contributed by atoms with van der Waals surface area (Å²) in [5.74, 6) is 0.362. The maximum absolute atomic E-state index is 12.0. The molecule has 0 aliphatic heterocycles. The molecular weight excluding hydrogens is 236 g/mol. The summed E-state index contributed by atoms with van der Waals surface area (Å²) >= 11 is 0. The van der Waals surface area contributed by atoms with Gasteiger partial charge in [0.1, 0.15) is 0 Å². The Hall–Kier alpha value is -0.130. The first-order valence-corrected chi connectivity index (χ1v) is 8.11. The standard InChI is InChI=1S/C12H28N2O2S/c1-6-8-13-9-11(4)17(15,16)14-12(5)10(3)7-2/h10-14H,6-9H2,1-5H3. The van der Waals surface area contributed by atoms with E-state index in [9.17, 15) is 8.42 Å². The maximum Gasteiger partial charge on any atom is 0.215 e. The Balaban J connectivity index is 4.26. The predicted molar refractivity (Wildman–Crippen MR) is 73.6 cm³/mol. The van der Waals surface area contributed by atoms with Crippen molar-refractivity contribution in [2.24, 2.45) is 5.92 Å². The van der Waals surface area contributed by atoms with Crippen LogP contribution in [0.15, 0.2) is 0 Å². The average Bonchev–Trinajstić information content (AvgIpc) is 2.27. The van der Waals surface area contributed by atoms with Crippen LogP contribution in [0.4, 0.5) is 0 Å². The topological polar surface area (TPSA) is 58.2 Å². The number of rotatable bonds is 9. The smallest absolute Gasteiger partial charge is 0.215 e. The van der Waals surface area contributed by atoms with Crippen molar-refractivity contribution in [2.75, 3.05) is 13.1 Å². The quantitative estimate of drug-likeness (QED) is 0.624. The van der Waals surface area contributed by atoms with Crippen molar-refractivity contribution in [3.63, 3.8) is 0 Å². The fourth-order valence-electron chi connectivity index (χ4n) is 1.44. The van der Waals surface area contributed by atoms with E-state index in [0.717, 1.165) is 19.4 Å². The van der Waals surface area contributed by atoms with Gasteiger partial charge < -0.3 is 5.32 Å². The van der Waals surface area contributed by atoms with E-state index < -0.39 is 10.0 Å². The van der Waals surface area contributed by atoms with Gasteiger partial charge in [-0.15, -0.1) is 0 Å². The Morgan fingerprint density at radius 2 is 1.71 bits per heavy atom. The van der Waals surface area contributed by atoms with Crippen molar-refractivity contribution in [1.82, 2.24) is 10.0 Å². The molecule has 3 atom stereocenters. The molecule has 2 N–H and O–H groups in total. The molecule has 0 fully saturated rings. The second kappa shape index (κ2) is 8.06. The highest BCUT2D eigenvalue weighted by Gasteiger charge is 2.24. The molecule has 0 aromatic heterocycles. The third kappa shape index (κ3) is 6.38. The van der Waals surface area contributed by atoms with Crippen LogP contribution in [0.1, 0.15) is 47.5 Å². The van der Waals surface area contributed by atoms with Gasteiger partial charge >= 0.3 is 0 Å². The molecule has 0 heterocycles. The molecule has 0 aliphatic carbocycles. The van der Waals surface area contributed by atoms with Gasteiger partial charge in [-0.1, -0.05) is 27.2 Å². The van der Waals surface area contributed by atoms with Gasteiger partial charge in [0.25, 0.3) is 0 Å². The minimum Gasteiger partial charge on any atom is -0.315 e. The molecule has 0 radical (unpaired) electrons. The first kappa shape index (κ1) is 16.9. The molecule has 3 unspecified atom stereocenters. The van der Waals surface area contributed by atoms with E-state index >= 15 is 0 Å². The molecule has 17 heavy (non-hydrogen) atoms. The summed E-state index contributed by atoms with van der Waals surface area (Å²) in [7, 11) is -3.21. The Bertz CT molecular complexity index is 291. The summed E-state index contributed by atoms with van der Waals surface area (Å²) in [5.41, 5.74) is 0. The summed E-state index contributed by atoms with van der Waals surface area (Å²) in [6.45, 7) is 11.2. The molecule has 104 valence electrons. The summed E-state index contributed by atoms with van der Waals surface area (Å²) in [4.78, 5) is 0. The maximum atomic E-state index is 12.0. The average molecular weight is 264 g/mol. The minimum absolute atomic E-state index is 0.00127. The number of sulfonamides is 1. The van der Waals surface area contributed by atoms with E-state index in [1.165, 1.54) is 0 Å². The first-order valence-electron chi connectivity index (χ1n) is 6.57. The lowest BCUT2D eigenvalue weighted by Gasteiger charge is -2.22. The number of hydrogen-bond donors (Lipinski definition) is 2. The zero-order valence-electron chi connectivity index (χ0n) is 11.8. The van der Waals surface area contributed by atoms with Gasteiger partial charge in [0.05, 0.1) is 5.25 Å². The van der Waals surface area contributed by atoms with Crippen LogP contribution in [0.25, 0.3) is 0 Å². The largest absolute Gasteiger partial charge is 0.315 e. The van der Waals surface area contributed by atoms with Gasteiger partial charge in [-0.25, -0.2) is 13.1 Å². The van der Waals surface area contributed by atoms with Crippen LogP contribution in [0.3, 0.4) is 0 Å². The van der Waals surface area contributed by atoms with Crippen molar-refractivity contribution in [2.45, 2.75) is 58.8 Å². The highest BCUT2D eigenvalue weighted by molar-refractivity contribution is 7.90. The number of hydrogen-bond acceptors (Lipinski definition) is 3. The van der Waals surface area contributed by atoms with E-state index in [4.69, 9.17) is 0 Å². The fourth-order valence-corrected chi connectivity index (χ4v) is 2.76. The van der Waals surface area contributed by atoms with Crippen LogP contribution in [-0.2, 0) is 10.0 Å². The van der Waals surface area contributed by atoms with E-state index in [1.807, 2.05) is 6.92 Å². The van der Waals surface area contributed by atoms with Crippen molar-refractivity contribution in [3.05, 3.63) is 0 Å². The number of nitrogens with one attached hydrogen (secondary N) is 2. The highest BCUT2D eigenvalue weighted by atomic mass is 32.2. The highest BCUT2D eigenvalue weighted by Crippen LogP contribution is 2.09. The Kier molecular flexibility index (Phi) is 8.00. The second-order valence-electron chi connectivity index (χ2n) is 4.85. The molecule has 0 spiro atoms. The van der Waals surface area contributed by atoms with Crippen molar-refractivity contribution in [1.29, 1.82) is 0 Å². The molecule has 0 bridgehead atoms. The first-order chi connectivity index (χ1) is 7.85. The molecule has 0 saturated carbocycles. The lowest BCUT2D eigenvalue weighted by atomic mass is 10.0. The van der Waals surface area contributed by atoms with Crippen LogP contribution < -0.4 is 10.0 Å². The van der Waals surface area contributed by atoms with E-state index in [2.05, 4.69) is 30.8 Å². The fraction of sp³-hybridized carbons (Fsp3) is 1.00. The van der Waals surface area contributed by atoms with E-state index in [-0.39, 0.29) is 11.3 Å². The zero-order chi connectivity index (χ0) is 13.5. The molecule has 4 nitrogen and oxygen atoms in total. The van der Waals surface area contributed by atoms with Crippen LogP contribution >= 0.6 is 0 Å². The van der Waals surface area contributed by atoms with Crippen LogP contribution in [0.2, 0.25) is 0 Å². The van der Waals surface area contributed by atoms with Crippen LogP contribution in [0, 0.1) is 5.92 Å². The van der Waals surface area contributed by atoms with Crippen LogP contribution in [0.5, 0.6) is 0 Å². The third-order valence-electron chi connectivity index (χ3n) is 3.24. The summed E-state index contributed by atoms with van der Waals surface area (Å²) in [6.07, 6.45) is 2.00. The zero-order valence-corrected chi connectivity index (χ0v) is 12.6. The van der Waals surface area contributed by atoms with Crippen molar-refractivity contribution in [3.8, 4) is 0 Å². The van der Waals surface area contributed by atoms with Gasteiger partial charge in [-0.2, -0.15) is 0 Å². The molecule has 0 aromatic rings. The molecule has 0 aromatic carbocycles. The Labute approximate surface area is 107 Å². The molecule has 0 amide bonds. The molecular formula is C12H28N2O2S. The second-order valence-corrected chi connectivity index (χ2v) is 6.98. The molecule has 0 saturated heterocycles. The van der Waals surface area contributed by atoms with Gasteiger partial charge in [-0.05, 0) is 32.7 Å². The summed E-state index contributed by atoms with van der Waals surface area (Å²) in [6, 6.07) is -0.00127. The monoisotopic (exact) mass is 264 g/mol. The van der Waals surface area contributed by atoms with Gasteiger partial charge in [-0.3, -0.25) is 0 Å². The Morgan fingerprint density at radius 3 is 2.18 bits per heavy atom. The minimum atomic E-state index is -3.21. The SMILES string of the molecule is CCCNCC(C)S(=O)(=O)NC(C)C(C)CC. The molecule has 0 aliphatic rings. The van der Waals surface area contributed by atoms with Gasteiger partial charge in [0, 0.05) is 12.6 Å². The van der Waals surface area contributed by atoms with E-state index in [0.29, 0.717) is 12.5 Å². The molecule has 5 heteroatoms. The van der Waals surface area contributed by atoms with E-state index in [1.54, 1.807) is 6.92 Å². The van der Waals surface area contributed by atoms with Gasteiger partial charge in [0.15, 0.2) is 0 Å². The third-order valence-corrected chi connectivity index (χ3v) is 5.16. The van der Waals surface area contributed by atoms with Gasteiger partial charge in [0.2, 0.25) is 10.0 Å².